The number of carbonyl (C=O) groups is 1. The molecule has 0 aromatic rings. The van der Waals surface area contributed by atoms with Crippen LogP contribution in [0.25, 0.3) is 0 Å². The highest BCUT2D eigenvalue weighted by Gasteiger charge is 2.55. The van der Waals surface area contributed by atoms with Crippen molar-refractivity contribution < 1.29 is 4.79 Å². The van der Waals surface area contributed by atoms with E-state index in [9.17, 15) is 4.79 Å². The summed E-state index contributed by atoms with van der Waals surface area (Å²) in [6.45, 7) is 0.898. The van der Waals surface area contributed by atoms with Gasteiger partial charge in [0.2, 0.25) is 5.91 Å². The van der Waals surface area contributed by atoms with Crippen molar-refractivity contribution in [1.29, 1.82) is 0 Å². The van der Waals surface area contributed by atoms with Gasteiger partial charge in [-0.05, 0) is 12.8 Å². The predicted octanol–water partition coefficient (Wildman–Crippen LogP) is -0.173. The van der Waals surface area contributed by atoms with Crippen LogP contribution < -0.4 is 5.32 Å². The van der Waals surface area contributed by atoms with Gasteiger partial charge in [-0.25, -0.2) is 0 Å². The normalized spacial score (nSPS) is 40.0. The van der Waals surface area contributed by atoms with Gasteiger partial charge >= 0.3 is 0 Å². The minimum atomic E-state index is -0.00579. The fraction of sp³-hybridized carbons (Fsp3) is 0.875. The summed E-state index contributed by atoms with van der Waals surface area (Å²) in [5, 5.41) is 3.32. The summed E-state index contributed by atoms with van der Waals surface area (Å²) in [5.74, 6) is 0.304. The first-order chi connectivity index (χ1) is 5.14. The van der Waals surface area contributed by atoms with Gasteiger partial charge in [0, 0.05) is 26.7 Å². The standard InChI is InChI=1S/C8H14N2O/c1-10(2)7(11)8-3-6(4-8)9-5-8/h6,9H,3-5H2,1-2H3. The lowest BCUT2D eigenvalue weighted by Gasteiger charge is -2.37. The van der Waals surface area contributed by atoms with E-state index < -0.39 is 0 Å². The second-order valence-corrected chi connectivity index (χ2v) is 3.97. The Morgan fingerprint density at radius 2 is 2.18 bits per heavy atom. The molecule has 2 bridgehead atoms. The summed E-state index contributed by atoms with van der Waals surface area (Å²) in [6, 6.07) is 0.638. The van der Waals surface area contributed by atoms with E-state index >= 15 is 0 Å². The summed E-state index contributed by atoms with van der Waals surface area (Å²) in [4.78, 5) is 13.3. The summed E-state index contributed by atoms with van der Waals surface area (Å²) >= 11 is 0. The molecule has 2 saturated heterocycles. The third-order valence-corrected chi connectivity index (χ3v) is 2.86. The summed E-state index contributed by atoms with van der Waals surface area (Å²) < 4.78 is 0. The van der Waals surface area contributed by atoms with Crippen LogP contribution in [0.15, 0.2) is 0 Å². The molecule has 11 heavy (non-hydrogen) atoms. The second-order valence-electron chi connectivity index (χ2n) is 3.97. The lowest BCUT2D eigenvalue weighted by atomic mass is 9.69. The van der Waals surface area contributed by atoms with Crippen LogP contribution in [0.2, 0.25) is 0 Å². The van der Waals surface area contributed by atoms with Crippen LogP contribution in [0.1, 0.15) is 12.8 Å². The molecule has 1 amide bonds. The highest BCUT2D eigenvalue weighted by molar-refractivity contribution is 5.84. The van der Waals surface area contributed by atoms with Crippen molar-refractivity contribution in [2.24, 2.45) is 5.41 Å². The molecule has 3 nitrogen and oxygen atoms in total. The van der Waals surface area contributed by atoms with Gasteiger partial charge in [0.05, 0.1) is 5.41 Å². The fourth-order valence-corrected chi connectivity index (χ4v) is 2.24. The second kappa shape index (κ2) is 1.97. The van der Waals surface area contributed by atoms with Crippen LogP contribution in [-0.2, 0) is 4.79 Å². The summed E-state index contributed by atoms with van der Waals surface area (Å²) in [5.41, 5.74) is -0.00579. The van der Waals surface area contributed by atoms with Crippen LogP contribution in [0.4, 0.5) is 0 Å². The maximum atomic E-state index is 11.6. The monoisotopic (exact) mass is 154 g/mol. The van der Waals surface area contributed by atoms with Crippen molar-refractivity contribution in [3.8, 4) is 0 Å². The van der Waals surface area contributed by atoms with Gasteiger partial charge in [0.25, 0.3) is 0 Å². The average Bonchev–Trinajstić information content (AvgIpc) is 2.40. The molecule has 3 fully saturated rings. The molecule has 0 unspecified atom stereocenters. The topological polar surface area (TPSA) is 32.3 Å². The number of amides is 1. The minimum Gasteiger partial charge on any atom is -0.348 e. The van der Waals surface area contributed by atoms with E-state index in [0.717, 1.165) is 19.4 Å². The molecule has 0 aromatic carbocycles. The Balaban J connectivity index is 2.10. The number of nitrogens with zero attached hydrogens (tertiary/aromatic N) is 1. The molecule has 62 valence electrons. The highest BCUT2D eigenvalue weighted by atomic mass is 16.2. The number of hydrogen-bond acceptors (Lipinski definition) is 2. The van der Waals surface area contributed by atoms with Crippen LogP contribution in [0.5, 0.6) is 0 Å². The summed E-state index contributed by atoms with van der Waals surface area (Å²) in [7, 11) is 3.67. The number of fused-ring (bicyclic) bond motifs is 1. The van der Waals surface area contributed by atoms with Gasteiger partial charge in [-0.1, -0.05) is 0 Å². The third kappa shape index (κ3) is 0.805. The van der Waals surface area contributed by atoms with Crippen LogP contribution in [0.3, 0.4) is 0 Å². The largest absolute Gasteiger partial charge is 0.348 e. The average molecular weight is 154 g/mol. The van der Waals surface area contributed by atoms with E-state index in [2.05, 4.69) is 5.32 Å². The van der Waals surface area contributed by atoms with Crippen molar-refractivity contribution >= 4 is 5.91 Å². The first kappa shape index (κ1) is 7.10. The maximum absolute atomic E-state index is 11.6. The molecular weight excluding hydrogens is 140 g/mol. The predicted molar refractivity (Wildman–Crippen MR) is 42.2 cm³/mol. The van der Waals surface area contributed by atoms with Crippen LogP contribution in [-0.4, -0.2) is 37.5 Å². The van der Waals surface area contributed by atoms with E-state index in [1.807, 2.05) is 14.1 Å². The van der Waals surface area contributed by atoms with Gasteiger partial charge in [0.1, 0.15) is 0 Å². The Hall–Kier alpha value is -0.570. The Kier molecular flexibility index (Phi) is 1.27. The lowest BCUT2D eigenvalue weighted by molar-refractivity contribution is -0.141. The van der Waals surface area contributed by atoms with Gasteiger partial charge < -0.3 is 10.2 Å². The number of nitrogens with one attached hydrogen (secondary N) is 1. The molecule has 2 aliphatic heterocycles. The first-order valence-corrected chi connectivity index (χ1v) is 4.09. The Morgan fingerprint density at radius 3 is 2.55 bits per heavy atom. The van der Waals surface area contributed by atoms with Gasteiger partial charge in [-0.15, -0.1) is 0 Å². The van der Waals surface area contributed by atoms with E-state index in [1.54, 1.807) is 4.90 Å². The van der Waals surface area contributed by atoms with E-state index in [4.69, 9.17) is 0 Å². The smallest absolute Gasteiger partial charge is 0.229 e. The molecular formula is C8H14N2O. The quantitative estimate of drug-likeness (QED) is 0.568. The van der Waals surface area contributed by atoms with Gasteiger partial charge in [-0.2, -0.15) is 0 Å². The maximum Gasteiger partial charge on any atom is 0.229 e. The van der Waals surface area contributed by atoms with Crippen molar-refractivity contribution in [2.45, 2.75) is 18.9 Å². The van der Waals surface area contributed by atoms with E-state index in [-0.39, 0.29) is 5.41 Å². The fourth-order valence-electron chi connectivity index (χ4n) is 2.24. The number of carbonyl (C=O) groups excluding carboxylic acids is 1. The minimum absolute atomic E-state index is 0.00579. The van der Waals surface area contributed by atoms with E-state index in [1.165, 1.54) is 0 Å². The van der Waals surface area contributed by atoms with Crippen molar-refractivity contribution in [1.82, 2.24) is 10.2 Å². The molecule has 3 rings (SSSR count). The van der Waals surface area contributed by atoms with Crippen molar-refractivity contribution in [3.63, 3.8) is 0 Å². The zero-order valence-corrected chi connectivity index (χ0v) is 7.05. The van der Waals surface area contributed by atoms with Crippen LogP contribution in [0, 0.1) is 5.41 Å². The Bertz CT molecular complexity index is 189. The lowest BCUT2D eigenvalue weighted by Crippen LogP contribution is -2.46. The zero-order valence-electron chi connectivity index (χ0n) is 7.05. The summed E-state index contributed by atoms with van der Waals surface area (Å²) in [6.07, 6.45) is 2.12. The molecule has 3 heteroatoms. The molecule has 1 saturated carbocycles. The zero-order chi connectivity index (χ0) is 8.06. The number of rotatable bonds is 1. The van der Waals surface area contributed by atoms with Crippen molar-refractivity contribution in [2.75, 3.05) is 20.6 Å². The highest BCUT2D eigenvalue weighted by Crippen LogP contribution is 2.47. The first-order valence-electron chi connectivity index (χ1n) is 4.09. The van der Waals surface area contributed by atoms with Crippen molar-refractivity contribution in [3.05, 3.63) is 0 Å². The Labute approximate surface area is 66.8 Å². The Morgan fingerprint density at radius 1 is 1.55 bits per heavy atom. The third-order valence-electron chi connectivity index (χ3n) is 2.86. The molecule has 0 aromatic heterocycles. The molecule has 2 heterocycles. The molecule has 3 aliphatic rings. The molecule has 1 N–H and O–H groups in total. The molecule has 1 aliphatic carbocycles. The molecule has 0 radical (unpaired) electrons. The number of hydrogen-bond donors (Lipinski definition) is 1. The van der Waals surface area contributed by atoms with Crippen LogP contribution >= 0.6 is 0 Å². The molecule has 0 spiro atoms. The molecule has 0 atom stereocenters. The van der Waals surface area contributed by atoms with Gasteiger partial charge in [-0.3, -0.25) is 4.79 Å². The van der Waals surface area contributed by atoms with E-state index in [0.29, 0.717) is 11.9 Å². The SMILES string of the molecule is CN(C)C(=O)C12CNC(C1)C2. The van der Waals surface area contributed by atoms with Gasteiger partial charge in [0.15, 0.2) is 0 Å².